The molecule has 0 spiro atoms. The van der Waals surface area contributed by atoms with Crippen molar-refractivity contribution in [1.29, 1.82) is 0 Å². The van der Waals surface area contributed by atoms with Crippen LogP contribution in [0.3, 0.4) is 0 Å². The Hall–Kier alpha value is -0.450. The average Bonchev–Trinajstić information content (AvgIpc) is 1.88. The van der Waals surface area contributed by atoms with E-state index in [0.717, 1.165) is 0 Å². The molecule has 10 heavy (non-hydrogen) atoms. The molecule has 0 unspecified atom stereocenters. The van der Waals surface area contributed by atoms with Gasteiger partial charge in [0.2, 0.25) is 0 Å². The topological polar surface area (TPSA) is 77.8 Å². The predicted octanol–water partition coefficient (Wildman–Crippen LogP) is -1.32. The van der Waals surface area contributed by atoms with Crippen LogP contribution in [0.4, 0.5) is 0 Å². The molecule has 0 heterocycles. The molecular weight excluding hydrogens is 136 g/mol. The predicted molar refractivity (Wildman–Crippen MR) is 34.4 cm³/mol. The van der Waals surface area contributed by atoms with Crippen molar-refractivity contribution >= 4 is 6.29 Å². The molecule has 4 heteroatoms. The van der Waals surface area contributed by atoms with Crippen LogP contribution in [0.15, 0.2) is 0 Å². The van der Waals surface area contributed by atoms with Crippen LogP contribution in [0.5, 0.6) is 0 Å². The van der Waals surface area contributed by atoms with Crippen molar-refractivity contribution < 1.29 is 20.1 Å². The molecule has 0 saturated heterocycles. The molecular formula is C6H12O4. The van der Waals surface area contributed by atoms with E-state index < -0.39 is 12.2 Å². The van der Waals surface area contributed by atoms with Gasteiger partial charge in [-0.25, -0.2) is 0 Å². The van der Waals surface area contributed by atoms with Crippen LogP contribution in [0.1, 0.15) is 12.8 Å². The van der Waals surface area contributed by atoms with E-state index in [-0.39, 0.29) is 19.4 Å². The van der Waals surface area contributed by atoms with Gasteiger partial charge in [0, 0.05) is 12.8 Å². The van der Waals surface area contributed by atoms with Gasteiger partial charge in [0.1, 0.15) is 6.29 Å². The summed E-state index contributed by atoms with van der Waals surface area (Å²) in [5, 5.41) is 25.9. The van der Waals surface area contributed by atoms with Crippen molar-refractivity contribution in [3.8, 4) is 0 Å². The maximum Gasteiger partial charge on any atom is 0.122 e. The van der Waals surface area contributed by atoms with Crippen molar-refractivity contribution in [1.82, 2.24) is 0 Å². The summed E-state index contributed by atoms with van der Waals surface area (Å²) in [7, 11) is 0. The number of rotatable bonds is 5. The maximum atomic E-state index is 9.78. The number of hydrogen-bond donors (Lipinski definition) is 3. The molecule has 4 nitrogen and oxygen atoms in total. The zero-order valence-corrected chi connectivity index (χ0v) is 5.60. The molecule has 0 aromatic heterocycles. The van der Waals surface area contributed by atoms with Gasteiger partial charge in [-0.05, 0) is 0 Å². The van der Waals surface area contributed by atoms with Gasteiger partial charge >= 0.3 is 0 Å². The highest BCUT2D eigenvalue weighted by Crippen LogP contribution is 1.99. The molecule has 0 aliphatic rings. The minimum absolute atomic E-state index is 0.0110. The lowest BCUT2D eigenvalue weighted by atomic mass is 10.1. The van der Waals surface area contributed by atoms with Crippen molar-refractivity contribution in [2.24, 2.45) is 0 Å². The summed E-state index contributed by atoms with van der Waals surface area (Å²) in [6.07, 6.45) is -1.12. The SMILES string of the molecule is O=CC[C@@H](O)C[C@H](O)CO. The van der Waals surface area contributed by atoms with Gasteiger partial charge in [0.25, 0.3) is 0 Å². The highest BCUT2D eigenvalue weighted by Gasteiger charge is 2.09. The molecule has 0 bridgehead atoms. The Morgan fingerprint density at radius 3 is 2.30 bits per heavy atom. The van der Waals surface area contributed by atoms with E-state index in [0.29, 0.717) is 6.29 Å². The molecule has 0 amide bonds. The molecule has 0 radical (unpaired) electrons. The number of carbonyl (C=O) groups is 1. The van der Waals surface area contributed by atoms with Gasteiger partial charge in [-0.3, -0.25) is 0 Å². The first-order valence-corrected chi connectivity index (χ1v) is 3.11. The Balaban J connectivity index is 3.35. The normalized spacial score (nSPS) is 16.3. The molecule has 2 atom stereocenters. The summed E-state index contributed by atoms with van der Waals surface area (Å²) < 4.78 is 0. The largest absolute Gasteiger partial charge is 0.394 e. The molecule has 3 N–H and O–H groups in total. The van der Waals surface area contributed by atoms with E-state index in [2.05, 4.69) is 0 Å². The summed E-state index contributed by atoms with van der Waals surface area (Å²) in [6.45, 7) is -0.379. The van der Waals surface area contributed by atoms with E-state index in [4.69, 9.17) is 15.3 Å². The second-order valence-corrected chi connectivity index (χ2v) is 2.13. The fourth-order valence-corrected chi connectivity index (χ4v) is 0.596. The van der Waals surface area contributed by atoms with Crippen LogP contribution in [-0.4, -0.2) is 40.4 Å². The highest BCUT2D eigenvalue weighted by molar-refractivity contribution is 5.49. The zero-order chi connectivity index (χ0) is 7.98. The fourth-order valence-electron chi connectivity index (χ4n) is 0.596. The lowest BCUT2D eigenvalue weighted by molar-refractivity contribution is -0.109. The zero-order valence-electron chi connectivity index (χ0n) is 5.60. The summed E-state index contributed by atoms with van der Waals surface area (Å²) in [5.74, 6) is 0. The summed E-state index contributed by atoms with van der Waals surface area (Å²) in [4.78, 5) is 9.78. The second-order valence-electron chi connectivity index (χ2n) is 2.13. The van der Waals surface area contributed by atoms with Crippen LogP contribution in [0, 0.1) is 0 Å². The molecule has 0 aromatic carbocycles. The Morgan fingerprint density at radius 1 is 1.30 bits per heavy atom. The van der Waals surface area contributed by atoms with E-state index in [9.17, 15) is 4.79 Å². The molecule has 0 saturated carbocycles. The van der Waals surface area contributed by atoms with E-state index in [1.807, 2.05) is 0 Å². The minimum atomic E-state index is -0.921. The van der Waals surface area contributed by atoms with E-state index in [1.54, 1.807) is 0 Å². The van der Waals surface area contributed by atoms with Crippen molar-refractivity contribution in [2.45, 2.75) is 25.0 Å². The Kier molecular flexibility index (Phi) is 5.10. The number of aliphatic hydroxyl groups is 3. The lowest BCUT2D eigenvalue weighted by Crippen LogP contribution is -2.20. The summed E-state index contributed by atoms with van der Waals surface area (Å²) in [5.41, 5.74) is 0. The third-order valence-corrected chi connectivity index (χ3v) is 1.12. The second kappa shape index (κ2) is 5.34. The molecule has 0 aliphatic carbocycles. The lowest BCUT2D eigenvalue weighted by Gasteiger charge is -2.09. The first-order chi connectivity index (χ1) is 4.70. The Morgan fingerprint density at radius 2 is 1.90 bits per heavy atom. The van der Waals surface area contributed by atoms with Crippen molar-refractivity contribution in [3.63, 3.8) is 0 Å². The highest BCUT2D eigenvalue weighted by atomic mass is 16.3. The minimum Gasteiger partial charge on any atom is -0.394 e. The third kappa shape index (κ3) is 4.43. The molecule has 0 aromatic rings. The van der Waals surface area contributed by atoms with Crippen molar-refractivity contribution in [2.75, 3.05) is 6.61 Å². The van der Waals surface area contributed by atoms with Gasteiger partial charge in [-0.2, -0.15) is 0 Å². The van der Waals surface area contributed by atoms with E-state index in [1.165, 1.54) is 0 Å². The van der Waals surface area contributed by atoms with Crippen LogP contribution in [0.2, 0.25) is 0 Å². The molecule has 60 valence electrons. The maximum absolute atomic E-state index is 9.78. The Bertz CT molecular complexity index is 93.7. The Labute approximate surface area is 59.1 Å². The van der Waals surface area contributed by atoms with Crippen LogP contribution >= 0.6 is 0 Å². The number of aliphatic hydroxyl groups excluding tert-OH is 3. The molecule has 0 aliphatic heterocycles. The summed E-state index contributed by atoms with van der Waals surface area (Å²) >= 11 is 0. The number of carbonyl (C=O) groups excluding carboxylic acids is 1. The first-order valence-electron chi connectivity index (χ1n) is 3.11. The van der Waals surface area contributed by atoms with Gasteiger partial charge in [0.05, 0.1) is 18.8 Å². The average molecular weight is 148 g/mol. The number of aldehydes is 1. The molecule has 0 fully saturated rings. The fraction of sp³-hybridized carbons (Fsp3) is 0.833. The van der Waals surface area contributed by atoms with Crippen LogP contribution in [0.25, 0.3) is 0 Å². The van der Waals surface area contributed by atoms with E-state index >= 15 is 0 Å². The van der Waals surface area contributed by atoms with Crippen LogP contribution in [-0.2, 0) is 4.79 Å². The third-order valence-electron chi connectivity index (χ3n) is 1.12. The smallest absolute Gasteiger partial charge is 0.122 e. The quantitative estimate of drug-likeness (QED) is 0.422. The van der Waals surface area contributed by atoms with Gasteiger partial charge in [-0.1, -0.05) is 0 Å². The van der Waals surface area contributed by atoms with Crippen LogP contribution < -0.4 is 0 Å². The van der Waals surface area contributed by atoms with Gasteiger partial charge < -0.3 is 20.1 Å². The summed E-state index contributed by atoms with van der Waals surface area (Å²) in [6, 6.07) is 0. The van der Waals surface area contributed by atoms with Crippen molar-refractivity contribution in [3.05, 3.63) is 0 Å². The molecule has 0 rings (SSSR count). The van der Waals surface area contributed by atoms with Gasteiger partial charge in [-0.15, -0.1) is 0 Å². The monoisotopic (exact) mass is 148 g/mol. The first kappa shape index (κ1) is 9.55. The number of hydrogen-bond acceptors (Lipinski definition) is 4. The van der Waals surface area contributed by atoms with Gasteiger partial charge in [0.15, 0.2) is 0 Å². The standard InChI is InChI=1S/C6H12O4/c7-2-1-5(9)3-6(10)4-8/h2,5-6,8-10H,1,3-4H2/t5-,6+/m1/s1.